The van der Waals surface area contributed by atoms with E-state index in [1.807, 2.05) is 0 Å². The van der Waals surface area contributed by atoms with Crippen LogP contribution in [0.1, 0.15) is 0 Å². The van der Waals surface area contributed by atoms with Gasteiger partial charge in [-0.1, -0.05) is 11.6 Å². The number of nitrogens with two attached hydrogens (primary N) is 2. The first-order valence-electron chi connectivity index (χ1n) is 4.79. The summed E-state index contributed by atoms with van der Waals surface area (Å²) in [5, 5.41) is 12.2. The molecule has 0 saturated carbocycles. The highest BCUT2D eigenvalue weighted by Crippen LogP contribution is 2.15. The van der Waals surface area contributed by atoms with Crippen LogP contribution in [0.3, 0.4) is 0 Å². The van der Waals surface area contributed by atoms with Crippen LogP contribution in [0.25, 0.3) is 17.3 Å². The van der Waals surface area contributed by atoms with E-state index in [2.05, 4.69) is 30.2 Å². The number of aromatic nitrogens is 7. The van der Waals surface area contributed by atoms with E-state index in [4.69, 9.17) is 23.1 Å². The first-order chi connectivity index (χ1) is 8.63. The van der Waals surface area contributed by atoms with Crippen LogP contribution >= 0.6 is 11.6 Å². The van der Waals surface area contributed by atoms with Crippen LogP contribution in [0.5, 0.6) is 0 Å². The van der Waals surface area contributed by atoms with E-state index in [9.17, 15) is 0 Å². The van der Waals surface area contributed by atoms with E-state index < -0.39 is 0 Å². The topological polar surface area (TPSA) is 134 Å². The highest BCUT2D eigenvalue weighted by Gasteiger charge is 2.14. The molecule has 0 aliphatic carbocycles. The summed E-state index contributed by atoms with van der Waals surface area (Å²) in [6.45, 7) is 0. The van der Waals surface area contributed by atoms with Gasteiger partial charge in [-0.3, -0.25) is 0 Å². The number of rotatable bonds is 1. The summed E-state index contributed by atoms with van der Waals surface area (Å²) in [5.41, 5.74) is 11.5. The molecule has 0 unspecified atom stereocenters. The molecule has 3 aromatic rings. The minimum absolute atomic E-state index is 0.00345. The SMILES string of the molecule is Nc1nc(N)nc(-c2nnc3ccc(Cl)nn23)n1. The van der Waals surface area contributed by atoms with Crippen molar-refractivity contribution in [2.45, 2.75) is 0 Å². The highest BCUT2D eigenvalue weighted by atomic mass is 35.5. The van der Waals surface area contributed by atoms with Crippen molar-refractivity contribution in [3.63, 3.8) is 0 Å². The van der Waals surface area contributed by atoms with Gasteiger partial charge < -0.3 is 11.5 Å². The lowest BCUT2D eigenvalue weighted by molar-refractivity contribution is 0.915. The van der Waals surface area contributed by atoms with Gasteiger partial charge in [-0.15, -0.1) is 10.2 Å². The molecule has 90 valence electrons. The number of halogens is 1. The van der Waals surface area contributed by atoms with Crippen molar-refractivity contribution in [2.24, 2.45) is 0 Å². The van der Waals surface area contributed by atoms with E-state index in [-0.39, 0.29) is 23.5 Å². The third-order valence-corrected chi connectivity index (χ3v) is 2.30. The normalized spacial score (nSPS) is 10.9. The Hall–Kier alpha value is -2.55. The summed E-state index contributed by atoms with van der Waals surface area (Å²) in [7, 11) is 0. The van der Waals surface area contributed by atoms with Crippen molar-refractivity contribution < 1.29 is 0 Å². The van der Waals surface area contributed by atoms with Gasteiger partial charge in [0.2, 0.25) is 23.5 Å². The number of nitrogen functional groups attached to an aromatic ring is 2. The molecule has 4 N–H and O–H groups in total. The molecule has 3 aromatic heterocycles. The van der Waals surface area contributed by atoms with Gasteiger partial charge in [-0.2, -0.15) is 24.6 Å². The van der Waals surface area contributed by atoms with Gasteiger partial charge in [0, 0.05) is 0 Å². The maximum Gasteiger partial charge on any atom is 0.225 e. The highest BCUT2D eigenvalue weighted by molar-refractivity contribution is 6.29. The average Bonchev–Trinajstić information content (AvgIpc) is 2.70. The molecule has 0 aliphatic heterocycles. The lowest BCUT2D eigenvalue weighted by Gasteiger charge is -2.00. The zero-order valence-electron chi connectivity index (χ0n) is 8.82. The van der Waals surface area contributed by atoms with Gasteiger partial charge >= 0.3 is 0 Å². The molecule has 0 aliphatic rings. The van der Waals surface area contributed by atoms with E-state index >= 15 is 0 Å². The van der Waals surface area contributed by atoms with Crippen LogP contribution in [-0.2, 0) is 0 Å². The maximum atomic E-state index is 5.81. The van der Waals surface area contributed by atoms with Crippen LogP contribution in [0.15, 0.2) is 12.1 Å². The minimum Gasteiger partial charge on any atom is -0.368 e. The molecule has 18 heavy (non-hydrogen) atoms. The molecule has 9 nitrogen and oxygen atoms in total. The van der Waals surface area contributed by atoms with Crippen LogP contribution in [0.2, 0.25) is 5.15 Å². The first kappa shape index (κ1) is 10.6. The van der Waals surface area contributed by atoms with Gasteiger partial charge in [-0.05, 0) is 12.1 Å². The smallest absolute Gasteiger partial charge is 0.225 e. The maximum absolute atomic E-state index is 5.81. The summed E-state index contributed by atoms with van der Waals surface area (Å²) < 4.78 is 1.40. The van der Waals surface area contributed by atoms with Crippen molar-refractivity contribution in [2.75, 3.05) is 11.5 Å². The van der Waals surface area contributed by atoms with Crippen molar-refractivity contribution in [3.05, 3.63) is 17.3 Å². The Morgan fingerprint density at radius 1 is 1.00 bits per heavy atom. The standard InChI is InChI=1S/C8H6ClN9/c9-3-1-2-4-15-16-6(18(4)17-3)5-12-7(10)14-8(11)13-5/h1-2H,(H4,10,11,12,13,14). The molecule has 0 saturated heterocycles. The molecule has 0 bridgehead atoms. The molecular formula is C8H6ClN9. The van der Waals surface area contributed by atoms with E-state index in [1.165, 1.54) is 4.52 Å². The Kier molecular flexibility index (Phi) is 2.20. The Labute approximate surface area is 105 Å². The van der Waals surface area contributed by atoms with Gasteiger partial charge in [0.15, 0.2) is 5.65 Å². The Bertz CT molecular complexity index is 716. The number of nitrogens with zero attached hydrogens (tertiary/aromatic N) is 7. The minimum atomic E-state index is -0.00345. The van der Waals surface area contributed by atoms with Crippen molar-refractivity contribution in [1.82, 2.24) is 34.8 Å². The van der Waals surface area contributed by atoms with Crippen molar-refractivity contribution >= 4 is 29.1 Å². The van der Waals surface area contributed by atoms with E-state index in [1.54, 1.807) is 12.1 Å². The quantitative estimate of drug-likeness (QED) is 0.616. The number of hydrogen-bond donors (Lipinski definition) is 2. The van der Waals surface area contributed by atoms with Crippen LogP contribution in [0.4, 0.5) is 11.9 Å². The number of anilines is 2. The summed E-state index contributed by atoms with van der Waals surface area (Å²) in [4.78, 5) is 11.5. The Morgan fingerprint density at radius 3 is 2.44 bits per heavy atom. The zero-order chi connectivity index (χ0) is 12.7. The molecule has 0 aromatic carbocycles. The second-order valence-electron chi connectivity index (χ2n) is 3.33. The van der Waals surface area contributed by atoms with Crippen LogP contribution in [-0.4, -0.2) is 34.8 Å². The molecule has 0 radical (unpaired) electrons. The average molecular weight is 264 g/mol. The molecule has 0 amide bonds. The summed E-state index contributed by atoms with van der Waals surface area (Å²) in [6.07, 6.45) is 0. The molecule has 0 atom stereocenters. The molecule has 10 heteroatoms. The van der Waals surface area contributed by atoms with Crippen molar-refractivity contribution in [3.8, 4) is 11.6 Å². The Balaban J connectivity index is 2.27. The Morgan fingerprint density at radius 2 is 1.72 bits per heavy atom. The third-order valence-electron chi connectivity index (χ3n) is 2.10. The predicted molar refractivity (Wildman–Crippen MR) is 63.4 cm³/mol. The summed E-state index contributed by atoms with van der Waals surface area (Å²) >= 11 is 5.81. The fourth-order valence-corrected chi connectivity index (χ4v) is 1.55. The molecular weight excluding hydrogens is 258 g/mol. The van der Waals surface area contributed by atoms with Gasteiger partial charge in [0.25, 0.3) is 0 Å². The molecule has 0 fully saturated rings. The van der Waals surface area contributed by atoms with E-state index in [0.29, 0.717) is 10.8 Å². The summed E-state index contributed by atoms with van der Waals surface area (Å²) in [6, 6.07) is 3.27. The number of fused-ring (bicyclic) bond motifs is 1. The molecule has 3 rings (SSSR count). The lowest BCUT2D eigenvalue weighted by Crippen LogP contribution is -2.06. The van der Waals surface area contributed by atoms with Gasteiger partial charge in [0.05, 0.1) is 0 Å². The fraction of sp³-hybridized carbons (Fsp3) is 0. The van der Waals surface area contributed by atoms with Crippen LogP contribution < -0.4 is 11.5 Å². The van der Waals surface area contributed by atoms with Gasteiger partial charge in [-0.25, -0.2) is 0 Å². The second kappa shape index (κ2) is 3.74. The second-order valence-corrected chi connectivity index (χ2v) is 3.71. The fourth-order valence-electron chi connectivity index (χ4n) is 1.42. The van der Waals surface area contributed by atoms with Crippen LogP contribution in [0, 0.1) is 0 Å². The number of hydrogen-bond acceptors (Lipinski definition) is 8. The molecule has 0 spiro atoms. The molecule has 3 heterocycles. The van der Waals surface area contributed by atoms with Gasteiger partial charge in [0.1, 0.15) is 5.15 Å². The monoisotopic (exact) mass is 263 g/mol. The lowest BCUT2D eigenvalue weighted by atomic mass is 10.5. The first-order valence-corrected chi connectivity index (χ1v) is 5.16. The van der Waals surface area contributed by atoms with Crippen molar-refractivity contribution in [1.29, 1.82) is 0 Å². The third kappa shape index (κ3) is 1.66. The largest absolute Gasteiger partial charge is 0.368 e. The zero-order valence-corrected chi connectivity index (χ0v) is 9.57. The van der Waals surface area contributed by atoms with E-state index in [0.717, 1.165) is 0 Å². The predicted octanol–water partition coefficient (Wildman–Crippen LogP) is -0.206. The summed E-state index contributed by atoms with van der Waals surface area (Å²) in [5.74, 6) is 0.461.